The largest absolute Gasteiger partial charge is 0.304 e. The average molecular weight is 243 g/mol. The van der Waals surface area contributed by atoms with Gasteiger partial charge < -0.3 is 9.30 Å². The number of hydrogen-bond donors (Lipinski definition) is 0. The maximum atomic E-state index is 4.60. The molecule has 1 fully saturated rings. The standard InChI is InChI=1S/C15H21N3/c1-12-6-8-18-14(9-12)11-16-15(18)10-13-5-3-4-7-17(13)2/h6,8-9,11,13H,3-5,7,10H2,1-2H3. The predicted octanol–water partition coefficient (Wildman–Crippen LogP) is 2.67. The first-order valence-electron chi connectivity index (χ1n) is 6.87. The zero-order valence-electron chi connectivity index (χ0n) is 11.3. The summed E-state index contributed by atoms with van der Waals surface area (Å²) in [5.74, 6) is 1.20. The molecule has 0 aromatic carbocycles. The van der Waals surface area contributed by atoms with E-state index in [-0.39, 0.29) is 0 Å². The summed E-state index contributed by atoms with van der Waals surface area (Å²) in [6.07, 6.45) is 9.21. The second-order valence-corrected chi connectivity index (χ2v) is 5.51. The average Bonchev–Trinajstić information content (AvgIpc) is 2.74. The van der Waals surface area contributed by atoms with Crippen molar-refractivity contribution in [1.29, 1.82) is 0 Å². The number of nitrogens with zero attached hydrogens (tertiary/aromatic N) is 3. The van der Waals surface area contributed by atoms with Gasteiger partial charge in [0.2, 0.25) is 0 Å². The van der Waals surface area contributed by atoms with Crippen molar-refractivity contribution in [3.8, 4) is 0 Å². The van der Waals surface area contributed by atoms with E-state index < -0.39 is 0 Å². The van der Waals surface area contributed by atoms with Gasteiger partial charge >= 0.3 is 0 Å². The van der Waals surface area contributed by atoms with Crippen molar-refractivity contribution < 1.29 is 0 Å². The molecular formula is C15H21N3. The van der Waals surface area contributed by atoms with E-state index in [4.69, 9.17) is 0 Å². The van der Waals surface area contributed by atoms with Crippen LogP contribution in [-0.2, 0) is 6.42 Å². The van der Waals surface area contributed by atoms with Crippen LogP contribution in [0.4, 0.5) is 0 Å². The number of fused-ring (bicyclic) bond motifs is 1. The number of hydrogen-bond acceptors (Lipinski definition) is 2. The number of aromatic nitrogens is 2. The van der Waals surface area contributed by atoms with Gasteiger partial charge in [0.15, 0.2) is 0 Å². The molecule has 2 aromatic heterocycles. The maximum absolute atomic E-state index is 4.60. The molecule has 1 unspecified atom stereocenters. The quantitative estimate of drug-likeness (QED) is 0.808. The monoisotopic (exact) mass is 243 g/mol. The molecule has 96 valence electrons. The van der Waals surface area contributed by atoms with Gasteiger partial charge in [-0.1, -0.05) is 6.42 Å². The van der Waals surface area contributed by atoms with Crippen LogP contribution in [0.5, 0.6) is 0 Å². The van der Waals surface area contributed by atoms with Crippen molar-refractivity contribution >= 4 is 5.52 Å². The van der Waals surface area contributed by atoms with Gasteiger partial charge in [0.1, 0.15) is 5.82 Å². The molecule has 0 aliphatic carbocycles. The van der Waals surface area contributed by atoms with Gasteiger partial charge in [0.25, 0.3) is 0 Å². The van der Waals surface area contributed by atoms with Gasteiger partial charge in [-0.05, 0) is 51.1 Å². The highest BCUT2D eigenvalue weighted by atomic mass is 15.1. The Hall–Kier alpha value is -1.35. The maximum Gasteiger partial charge on any atom is 0.114 e. The fraction of sp³-hybridized carbons (Fsp3) is 0.533. The number of likely N-dealkylation sites (N-methyl/N-ethyl adjacent to an activating group) is 1. The Morgan fingerprint density at radius 1 is 1.39 bits per heavy atom. The van der Waals surface area contributed by atoms with Crippen LogP contribution in [0.3, 0.4) is 0 Å². The molecule has 1 atom stereocenters. The smallest absolute Gasteiger partial charge is 0.114 e. The number of likely N-dealkylation sites (tertiary alicyclic amines) is 1. The van der Waals surface area contributed by atoms with Crippen LogP contribution in [0.15, 0.2) is 24.5 Å². The Bertz CT molecular complexity index is 544. The highest BCUT2D eigenvalue weighted by Gasteiger charge is 2.20. The summed E-state index contributed by atoms with van der Waals surface area (Å²) in [6, 6.07) is 5.01. The topological polar surface area (TPSA) is 20.5 Å². The number of pyridine rings is 1. The molecule has 1 saturated heterocycles. The summed E-state index contributed by atoms with van der Waals surface area (Å²) in [6.45, 7) is 3.36. The minimum absolute atomic E-state index is 0.658. The minimum atomic E-state index is 0.658. The van der Waals surface area contributed by atoms with Crippen LogP contribution in [0, 0.1) is 6.92 Å². The first-order valence-corrected chi connectivity index (χ1v) is 6.87. The molecule has 0 amide bonds. The summed E-state index contributed by atoms with van der Waals surface area (Å²) >= 11 is 0. The Labute approximate surface area is 108 Å². The van der Waals surface area contributed by atoms with Gasteiger partial charge in [-0.15, -0.1) is 0 Å². The van der Waals surface area contributed by atoms with Gasteiger partial charge in [0, 0.05) is 18.7 Å². The van der Waals surface area contributed by atoms with Crippen molar-refractivity contribution in [2.24, 2.45) is 0 Å². The zero-order valence-corrected chi connectivity index (χ0v) is 11.3. The molecule has 0 spiro atoms. The third-order valence-electron chi connectivity index (χ3n) is 4.10. The molecule has 0 bridgehead atoms. The van der Waals surface area contributed by atoms with E-state index in [1.54, 1.807) is 0 Å². The lowest BCUT2D eigenvalue weighted by Gasteiger charge is -2.32. The molecular weight excluding hydrogens is 222 g/mol. The van der Waals surface area contributed by atoms with E-state index in [0.717, 1.165) is 6.42 Å². The van der Waals surface area contributed by atoms with Crippen LogP contribution < -0.4 is 0 Å². The Kier molecular flexibility index (Phi) is 3.08. The van der Waals surface area contributed by atoms with Gasteiger partial charge in [-0.25, -0.2) is 4.98 Å². The third-order valence-corrected chi connectivity index (χ3v) is 4.10. The van der Waals surface area contributed by atoms with Gasteiger partial charge in [-0.3, -0.25) is 0 Å². The summed E-state index contributed by atoms with van der Waals surface area (Å²) in [5, 5.41) is 0. The van der Waals surface area contributed by atoms with E-state index in [9.17, 15) is 0 Å². The molecule has 2 aromatic rings. The summed E-state index contributed by atoms with van der Waals surface area (Å²) in [7, 11) is 2.24. The van der Waals surface area contributed by atoms with Crippen LogP contribution in [-0.4, -0.2) is 33.9 Å². The van der Waals surface area contributed by atoms with E-state index in [2.05, 4.69) is 46.6 Å². The summed E-state index contributed by atoms with van der Waals surface area (Å²) < 4.78 is 2.23. The molecule has 0 saturated carbocycles. The second kappa shape index (κ2) is 4.73. The number of piperidine rings is 1. The SMILES string of the molecule is Cc1ccn2c(CC3CCCCN3C)ncc2c1. The fourth-order valence-electron chi connectivity index (χ4n) is 2.93. The number of aryl methyl sites for hydroxylation is 1. The molecule has 3 nitrogen and oxygen atoms in total. The Balaban J connectivity index is 1.86. The Morgan fingerprint density at radius 3 is 3.11 bits per heavy atom. The molecule has 3 rings (SSSR count). The van der Waals surface area contributed by atoms with E-state index in [0.29, 0.717) is 6.04 Å². The summed E-state index contributed by atoms with van der Waals surface area (Å²) in [5.41, 5.74) is 2.51. The lowest BCUT2D eigenvalue weighted by molar-refractivity contribution is 0.182. The molecule has 3 heterocycles. The van der Waals surface area contributed by atoms with Crippen LogP contribution in [0.1, 0.15) is 30.7 Å². The number of imidazole rings is 1. The molecule has 1 aliphatic heterocycles. The first-order chi connectivity index (χ1) is 8.74. The van der Waals surface area contributed by atoms with E-state index in [1.165, 1.54) is 42.7 Å². The fourth-order valence-corrected chi connectivity index (χ4v) is 2.93. The number of rotatable bonds is 2. The van der Waals surface area contributed by atoms with E-state index in [1.807, 2.05) is 6.20 Å². The highest BCUT2D eigenvalue weighted by molar-refractivity contribution is 5.48. The van der Waals surface area contributed by atoms with Crippen molar-refractivity contribution in [2.45, 2.75) is 38.6 Å². The highest BCUT2D eigenvalue weighted by Crippen LogP contribution is 2.19. The predicted molar refractivity (Wildman–Crippen MR) is 73.9 cm³/mol. The molecule has 1 aliphatic rings. The normalized spacial score (nSPS) is 21.6. The van der Waals surface area contributed by atoms with Crippen LogP contribution >= 0.6 is 0 Å². The third kappa shape index (κ3) is 2.15. The summed E-state index contributed by atoms with van der Waals surface area (Å²) in [4.78, 5) is 7.09. The molecule has 3 heteroatoms. The molecule has 0 N–H and O–H groups in total. The van der Waals surface area contributed by atoms with Gasteiger partial charge in [0.05, 0.1) is 11.7 Å². The minimum Gasteiger partial charge on any atom is -0.304 e. The lowest BCUT2D eigenvalue weighted by atomic mass is 10.00. The van der Waals surface area contributed by atoms with Gasteiger partial charge in [-0.2, -0.15) is 0 Å². The zero-order chi connectivity index (χ0) is 12.5. The van der Waals surface area contributed by atoms with Crippen molar-refractivity contribution in [3.05, 3.63) is 35.9 Å². The molecule has 18 heavy (non-hydrogen) atoms. The van der Waals surface area contributed by atoms with Crippen LogP contribution in [0.25, 0.3) is 5.52 Å². The van der Waals surface area contributed by atoms with Crippen molar-refractivity contribution in [2.75, 3.05) is 13.6 Å². The Morgan fingerprint density at radius 2 is 2.28 bits per heavy atom. The molecule has 0 radical (unpaired) electrons. The van der Waals surface area contributed by atoms with Crippen molar-refractivity contribution in [3.63, 3.8) is 0 Å². The van der Waals surface area contributed by atoms with Crippen molar-refractivity contribution in [1.82, 2.24) is 14.3 Å². The van der Waals surface area contributed by atoms with Crippen LogP contribution in [0.2, 0.25) is 0 Å². The van der Waals surface area contributed by atoms with E-state index >= 15 is 0 Å². The first kappa shape index (κ1) is 11.7. The lowest BCUT2D eigenvalue weighted by Crippen LogP contribution is -2.38. The second-order valence-electron chi connectivity index (χ2n) is 5.51.